The van der Waals surface area contributed by atoms with E-state index in [9.17, 15) is 9.90 Å². The molecule has 9 nitrogen and oxygen atoms in total. The van der Waals surface area contributed by atoms with E-state index in [2.05, 4.69) is 47.8 Å². The third-order valence-corrected chi connectivity index (χ3v) is 6.41. The number of ether oxygens (including phenoxy) is 1. The molecule has 0 fully saturated rings. The molecule has 6 bridgehead atoms. The average molecular weight is 555 g/mol. The summed E-state index contributed by atoms with van der Waals surface area (Å²) in [5, 5.41) is 19.1. The molecule has 0 spiro atoms. The highest BCUT2D eigenvalue weighted by atomic mass is 79.9. The summed E-state index contributed by atoms with van der Waals surface area (Å²) in [6.45, 7) is 2.11. The van der Waals surface area contributed by atoms with Crippen LogP contribution in [0.2, 0.25) is 0 Å². The number of aliphatic hydroxyl groups is 1. The van der Waals surface area contributed by atoms with Crippen LogP contribution in [0.1, 0.15) is 17.5 Å². The zero-order valence-electron chi connectivity index (χ0n) is 20.4. The van der Waals surface area contributed by atoms with Crippen molar-refractivity contribution in [1.82, 2.24) is 25.5 Å². The third-order valence-electron chi connectivity index (χ3n) is 5.95. The maximum atomic E-state index is 12.6. The number of halogens is 1. The molecular formula is C26H31BrN6O3. The van der Waals surface area contributed by atoms with Crippen molar-refractivity contribution in [1.29, 1.82) is 0 Å². The van der Waals surface area contributed by atoms with Crippen molar-refractivity contribution in [3.63, 3.8) is 0 Å². The fourth-order valence-electron chi connectivity index (χ4n) is 4.13. The van der Waals surface area contributed by atoms with Gasteiger partial charge in [0.05, 0.1) is 19.4 Å². The van der Waals surface area contributed by atoms with Crippen LogP contribution < -0.4 is 20.7 Å². The molecule has 190 valence electrons. The first-order valence-corrected chi connectivity index (χ1v) is 12.6. The largest absolute Gasteiger partial charge is 0.496 e. The number of nitrogens with zero attached hydrogens (tertiary/aromatic N) is 3. The Kier molecular flexibility index (Phi) is 8.87. The minimum atomic E-state index is -0.698. The molecule has 0 saturated carbocycles. The Balaban J connectivity index is 1.68. The number of aliphatic hydroxyl groups excluding tert-OH is 1. The zero-order valence-corrected chi connectivity index (χ0v) is 22.0. The summed E-state index contributed by atoms with van der Waals surface area (Å²) in [5.74, 6) is 1.07. The minimum Gasteiger partial charge on any atom is -0.496 e. The molecule has 36 heavy (non-hydrogen) atoms. The maximum Gasteiger partial charge on any atom is 0.239 e. The van der Waals surface area contributed by atoms with Crippen molar-refractivity contribution in [3.05, 3.63) is 64.3 Å². The molecule has 4 rings (SSSR count). The van der Waals surface area contributed by atoms with Crippen LogP contribution in [0.25, 0.3) is 11.3 Å². The Morgan fingerprint density at radius 2 is 2.08 bits per heavy atom. The van der Waals surface area contributed by atoms with Crippen LogP contribution in [0.4, 0.5) is 11.6 Å². The molecule has 1 amide bonds. The molecule has 0 aliphatic carbocycles. The van der Waals surface area contributed by atoms with Crippen molar-refractivity contribution in [2.75, 3.05) is 39.2 Å². The first-order valence-electron chi connectivity index (χ1n) is 11.8. The number of nitrogens with one attached hydrogen (secondary N) is 3. The smallest absolute Gasteiger partial charge is 0.239 e. The van der Waals surface area contributed by atoms with Crippen LogP contribution in [0.5, 0.6) is 5.75 Å². The number of rotatable bonds is 2. The monoisotopic (exact) mass is 554 g/mol. The van der Waals surface area contributed by atoms with Gasteiger partial charge in [-0.05, 0) is 68.0 Å². The summed E-state index contributed by atoms with van der Waals surface area (Å²) in [6.07, 6.45) is 2.51. The molecule has 2 aromatic carbocycles. The molecular weight excluding hydrogens is 524 g/mol. The van der Waals surface area contributed by atoms with Gasteiger partial charge in [0.2, 0.25) is 11.9 Å². The van der Waals surface area contributed by atoms with Gasteiger partial charge in [-0.25, -0.2) is 9.97 Å². The first kappa shape index (κ1) is 26.0. The number of hydrogen-bond acceptors (Lipinski definition) is 8. The van der Waals surface area contributed by atoms with Gasteiger partial charge in [-0.3, -0.25) is 10.1 Å². The van der Waals surface area contributed by atoms with Gasteiger partial charge in [-0.2, -0.15) is 0 Å². The van der Waals surface area contributed by atoms with E-state index in [0.717, 1.165) is 51.3 Å². The number of hydrogen-bond donors (Lipinski definition) is 4. The van der Waals surface area contributed by atoms with E-state index in [4.69, 9.17) is 9.72 Å². The van der Waals surface area contributed by atoms with Crippen LogP contribution >= 0.6 is 15.9 Å². The van der Waals surface area contributed by atoms with Crippen LogP contribution in [-0.2, 0) is 17.9 Å². The van der Waals surface area contributed by atoms with E-state index in [-0.39, 0.29) is 12.5 Å². The van der Waals surface area contributed by atoms with Crippen molar-refractivity contribution < 1.29 is 14.6 Å². The molecule has 0 unspecified atom stereocenters. The second kappa shape index (κ2) is 12.3. The van der Waals surface area contributed by atoms with Gasteiger partial charge in [0, 0.05) is 47.1 Å². The Morgan fingerprint density at radius 3 is 2.89 bits per heavy atom. The SMILES string of the molecule is COc1ccc2cc1CN(C)CCCNC(=O)[C@H](CO)NCc1cc(Br)cc(c1)Nc1nccc-2n1. The van der Waals surface area contributed by atoms with Gasteiger partial charge in [0.25, 0.3) is 0 Å². The van der Waals surface area contributed by atoms with Gasteiger partial charge < -0.3 is 25.4 Å². The molecule has 4 N–H and O–H groups in total. The van der Waals surface area contributed by atoms with Crippen LogP contribution in [0, 0.1) is 0 Å². The molecule has 3 aromatic rings. The number of methoxy groups -OCH3 is 1. The second-order valence-electron chi connectivity index (χ2n) is 8.76. The topological polar surface area (TPSA) is 112 Å². The Hall–Kier alpha value is -3.05. The first-order chi connectivity index (χ1) is 17.4. The van der Waals surface area contributed by atoms with Gasteiger partial charge in [-0.1, -0.05) is 15.9 Å². The molecule has 1 atom stereocenters. The summed E-state index contributed by atoms with van der Waals surface area (Å²) in [7, 11) is 3.71. The van der Waals surface area contributed by atoms with Crippen LogP contribution in [0.3, 0.4) is 0 Å². The molecule has 0 saturated heterocycles. The molecule has 1 aliphatic rings. The predicted molar refractivity (Wildman–Crippen MR) is 143 cm³/mol. The quantitative estimate of drug-likeness (QED) is 0.382. The Labute approximate surface area is 219 Å². The lowest BCUT2D eigenvalue weighted by molar-refractivity contribution is -0.124. The standard InChI is InChI=1S/C26H31BrN6O3/c1-33-9-3-7-28-25(35)23(16-34)30-14-17-10-20(27)13-21(11-17)31-26-29-8-6-22(32-26)18-4-5-24(36-2)19(12-18)15-33/h4-6,8,10-13,23,30,34H,3,7,9,14-16H2,1-2H3,(H,28,35)(H,29,31,32)/t23-/m0/s1. The highest BCUT2D eigenvalue weighted by Gasteiger charge is 2.17. The van der Waals surface area contributed by atoms with Gasteiger partial charge in [-0.15, -0.1) is 0 Å². The summed E-state index contributed by atoms with van der Waals surface area (Å²) in [5.41, 5.74) is 4.56. The number of aromatic nitrogens is 2. The van der Waals surface area contributed by atoms with E-state index in [0.29, 0.717) is 25.6 Å². The van der Waals surface area contributed by atoms with Crippen molar-refractivity contribution in [2.45, 2.75) is 25.6 Å². The van der Waals surface area contributed by atoms with Crippen molar-refractivity contribution in [3.8, 4) is 17.0 Å². The highest BCUT2D eigenvalue weighted by molar-refractivity contribution is 9.10. The normalized spacial score (nSPS) is 17.6. The van der Waals surface area contributed by atoms with Crippen LogP contribution in [0.15, 0.2) is 53.1 Å². The van der Waals surface area contributed by atoms with Crippen molar-refractivity contribution >= 4 is 33.5 Å². The Bertz CT molecular complexity index is 1210. The minimum absolute atomic E-state index is 0.220. The number of fused-ring (bicyclic) bond motifs is 7. The van der Waals surface area contributed by atoms with Gasteiger partial charge >= 0.3 is 0 Å². The number of benzene rings is 2. The number of carbonyl (C=O) groups is 1. The molecule has 2 heterocycles. The summed E-state index contributed by atoms with van der Waals surface area (Å²) in [4.78, 5) is 23.9. The molecule has 1 aliphatic heterocycles. The molecule has 1 aromatic heterocycles. The number of amides is 1. The summed E-state index contributed by atoms with van der Waals surface area (Å²) < 4.78 is 6.47. The Morgan fingerprint density at radius 1 is 1.22 bits per heavy atom. The second-order valence-corrected chi connectivity index (χ2v) is 9.68. The van der Waals surface area contributed by atoms with E-state index in [1.807, 2.05) is 43.4 Å². The van der Waals surface area contributed by atoms with Crippen LogP contribution in [-0.4, -0.2) is 65.8 Å². The lowest BCUT2D eigenvalue weighted by atomic mass is 10.1. The van der Waals surface area contributed by atoms with Crippen molar-refractivity contribution in [2.24, 2.45) is 0 Å². The third kappa shape index (κ3) is 6.79. The summed E-state index contributed by atoms with van der Waals surface area (Å²) >= 11 is 3.55. The average Bonchev–Trinajstić information content (AvgIpc) is 2.86. The lowest BCUT2D eigenvalue weighted by Crippen LogP contribution is -2.46. The molecule has 10 heteroatoms. The molecule has 0 radical (unpaired) electrons. The maximum absolute atomic E-state index is 12.6. The fourth-order valence-corrected chi connectivity index (χ4v) is 4.67. The van der Waals surface area contributed by atoms with Gasteiger partial charge in [0.1, 0.15) is 11.8 Å². The van der Waals surface area contributed by atoms with E-state index < -0.39 is 6.04 Å². The zero-order chi connectivity index (χ0) is 25.5. The fraction of sp³-hybridized carbons (Fsp3) is 0.346. The van der Waals surface area contributed by atoms with E-state index in [1.54, 1.807) is 13.3 Å². The predicted octanol–water partition coefficient (Wildman–Crippen LogP) is 3.06. The lowest BCUT2D eigenvalue weighted by Gasteiger charge is -2.20. The van der Waals surface area contributed by atoms with E-state index in [1.165, 1.54) is 0 Å². The highest BCUT2D eigenvalue weighted by Crippen LogP contribution is 2.28. The number of carbonyl (C=O) groups excluding carboxylic acids is 1. The number of anilines is 2. The van der Waals surface area contributed by atoms with Gasteiger partial charge in [0.15, 0.2) is 0 Å². The van der Waals surface area contributed by atoms with E-state index >= 15 is 0 Å². The summed E-state index contributed by atoms with van der Waals surface area (Å²) in [6, 6.07) is 13.1.